The Hall–Kier alpha value is -0.840. The van der Waals surface area contributed by atoms with Gasteiger partial charge in [0.25, 0.3) is 0 Å². The fraction of sp³-hybridized carbons (Fsp3) is 0.737. The zero-order chi connectivity index (χ0) is 18.8. The molecule has 3 N–H and O–H groups in total. The van der Waals surface area contributed by atoms with Crippen LogP contribution in [0.5, 0.6) is 0 Å². The molecule has 8 heteroatoms. The zero-order valence-electron chi connectivity index (χ0n) is 16.7. The molecule has 2 heterocycles. The molecule has 1 aromatic heterocycles. The van der Waals surface area contributed by atoms with Crippen LogP contribution >= 0.6 is 24.0 Å². The molecule has 0 aliphatic carbocycles. The van der Waals surface area contributed by atoms with Crippen molar-refractivity contribution >= 4 is 29.9 Å². The number of rotatable bonds is 9. The molecule has 0 saturated carbocycles. The van der Waals surface area contributed by atoms with Crippen LogP contribution in [0.2, 0.25) is 0 Å². The van der Waals surface area contributed by atoms with Gasteiger partial charge in [0, 0.05) is 26.7 Å². The minimum atomic E-state index is -1.11. The number of nitrogens with one attached hydrogen (secondary N) is 2. The minimum absolute atomic E-state index is 0. The summed E-state index contributed by atoms with van der Waals surface area (Å²) in [6, 6.07) is 3.54. The number of methoxy groups -OCH3 is 1. The molecule has 0 bridgehead atoms. The van der Waals surface area contributed by atoms with E-state index in [0.29, 0.717) is 11.7 Å². The van der Waals surface area contributed by atoms with Crippen LogP contribution in [0.25, 0.3) is 0 Å². The van der Waals surface area contributed by atoms with Crippen molar-refractivity contribution in [2.75, 3.05) is 53.0 Å². The van der Waals surface area contributed by atoms with Gasteiger partial charge in [-0.1, -0.05) is 0 Å². The number of hydrogen-bond acceptors (Lipinski definition) is 5. The first kappa shape index (κ1) is 24.2. The van der Waals surface area contributed by atoms with E-state index in [9.17, 15) is 5.11 Å². The SMILES string of the molecule is CCNC(=NCC(C)(O)c1ccco1)NCC1CCN(CCOC)CC1.I. The van der Waals surface area contributed by atoms with Gasteiger partial charge in [-0.05, 0) is 57.8 Å². The summed E-state index contributed by atoms with van der Waals surface area (Å²) in [5, 5.41) is 17.2. The first-order valence-corrected chi connectivity index (χ1v) is 9.55. The Labute approximate surface area is 180 Å². The minimum Gasteiger partial charge on any atom is -0.466 e. The Morgan fingerprint density at radius 2 is 2.15 bits per heavy atom. The Morgan fingerprint density at radius 1 is 1.41 bits per heavy atom. The molecule has 2 rings (SSSR count). The number of aliphatic hydroxyl groups is 1. The van der Waals surface area contributed by atoms with Gasteiger partial charge in [0.15, 0.2) is 5.96 Å². The molecule has 1 aromatic rings. The monoisotopic (exact) mass is 494 g/mol. The molecule has 0 amide bonds. The summed E-state index contributed by atoms with van der Waals surface area (Å²) in [7, 11) is 1.75. The number of furan rings is 1. The molecule has 156 valence electrons. The van der Waals surface area contributed by atoms with E-state index >= 15 is 0 Å². The van der Waals surface area contributed by atoms with Gasteiger partial charge in [-0.3, -0.25) is 0 Å². The first-order valence-electron chi connectivity index (χ1n) is 9.55. The Bertz CT molecular complexity index is 529. The van der Waals surface area contributed by atoms with Crippen LogP contribution in [0, 0.1) is 5.92 Å². The number of ether oxygens (including phenoxy) is 1. The van der Waals surface area contributed by atoms with Crippen molar-refractivity contribution in [3.63, 3.8) is 0 Å². The standard InChI is InChI=1S/C19H34N4O3.HI/c1-4-20-18(22-15-19(2,24)17-6-5-12-26-17)21-14-16-7-9-23(10-8-16)11-13-25-3;/h5-6,12,16,24H,4,7-11,13-15H2,1-3H3,(H2,20,21,22);1H. The van der Waals surface area contributed by atoms with Gasteiger partial charge in [-0.2, -0.15) is 0 Å². The Balaban J connectivity index is 0.00000364. The lowest BCUT2D eigenvalue weighted by Crippen LogP contribution is -2.44. The number of nitrogens with zero attached hydrogens (tertiary/aromatic N) is 2. The van der Waals surface area contributed by atoms with Crippen LogP contribution in [0.3, 0.4) is 0 Å². The van der Waals surface area contributed by atoms with E-state index in [1.165, 1.54) is 12.8 Å². The lowest BCUT2D eigenvalue weighted by Gasteiger charge is -2.32. The van der Waals surface area contributed by atoms with Crippen LogP contribution in [0.4, 0.5) is 0 Å². The highest BCUT2D eigenvalue weighted by Gasteiger charge is 2.26. The molecule has 1 fully saturated rings. The van der Waals surface area contributed by atoms with Gasteiger partial charge in [0.1, 0.15) is 11.4 Å². The number of halogens is 1. The topological polar surface area (TPSA) is 82.3 Å². The molecule has 1 unspecified atom stereocenters. The molecular formula is C19H35IN4O3. The maximum Gasteiger partial charge on any atom is 0.191 e. The van der Waals surface area contributed by atoms with Gasteiger partial charge in [0.05, 0.1) is 19.4 Å². The number of likely N-dealkylation sites (tertiary alicyclic amines) is 1. The molecule has 1 saturated heterocycles. The van der Waals surface area contributed by atoms with E-state index in [4.69, 9.17) is 9.15 Å². The summed E-state index contributed by atoms with van der Waals surface area (Å²) in [4.78, 5) is 7.00. The van der Waals surface area contributed by atoms with Crippen molar-refractivity contribution < 1.29 is 14.3 Å². The van der Waals surface area contributed by atoms with Crippen LogP contribution in [0.1, 0.15) is 32.4 Å². The lowest BCUT2D eigenvalue weighted by molar-refractivity contribution is 0.0437. The predicted octanol–water partition coefficient (Wildman–Crippen LogP) is 2.02. The molecular weight excluding hydrogens is 459 g/mol. The zero-order valence-corrected chi connectivity index (χ0v) is 19.1. The van der Waals surface area contributed by atoms with Crippen molar-refractivity contribution in [3.8, 4) is 0 Å². The van der Waals surface area contributed by atoms with Crippen molar-refractivity contribution in [1.29, 1.82) is 0 Å². The summed E-state index contributed by atoms with van der Waals surface area (Å²) >= 11 is 0. The third-order valence-electron chi connectivity index (χ3n) is 4.82. The van der Waals surface area contributed by atoms with Crippen molar-refractivity contribution in [1.82, 2.24) is 15.5 Å². The molecule has 0 spiro atoms. The number of aliphatic imine (C=N–C) groups is 1. The summed E-state index contributed by atoms with van der Waals surface area (Å²) < 4.78 is 10.5. The van der Waals surface area contributed by atoms with E-state index < -0.39 is 5.60 Å². The smallest absolute Gasteiger partial charge is 0.191 e. The van der Waals surface area contributed by atoms with Gasteiger partial charge in [0.2, 0.25) is 0 Å². The lowest BCUT2D eigenvalue weighted by atomic mass is 9.97. The van der Waals surface area contributed by atoms with Crippen molar-refractivity contribution in [2.24, 2.45) is 10.9 Å². The quantitative estimate of drug-likeness (QED) is 0.277. The van der Waals surface area contributed by atoms with Gasteiger partial charge in [-0.15, -0.1) is 24.0 Å². The molecule has 1 aliphatic rings. The second-order valence-corrected chi connectivity index (χ2v) is 7.11. The van der Waals surface area contributed by atoms with E-state index in [1.807, 2.05) is 6.92 Å². The normalized spacial score (nSPS) is 18.6. The maximum atomic E-state index is 10.5. The molecule has 0 aromatic carbocycles. The van der Waals surface area contributed by atoms with E-state index in [0.717, 1.165) is 45.3 Å². The van der Waals surface area contributed by atoms with E-state index in [-0.39, 0.29) is 30.5 Å². The fourth-order valence-corrected chi connectivity index (χ4v) is 3.11. The van der Waals surface area contributed by atoms with E-state index in [1.54, 1.807) is 32.4 Å². The van der Waals surface area contributed by atoms with Crippen LogP contribution in [-0.2, 0) is 10.3 Å². The van der Waals surface area contributed by atoms with Crippen LogP contribution in [0.15, 0.2) is 27.8 Å². The fourth-order valence-electron chi connectivity index (χ4n) is 3.11. The number of guanidine groups is 1. The largest absolute Gasteiger partial charge is 0.466 e. The highest BCUT2D eigenvalue weighted by molar-refractivity contribution is 14.0. The van der Waals surface area contributed by atoms with Gasteiger partial charge in [-0.25, -0.2) is 4.99 Å². The molecule has 0 radical (unpaired) electrons. The third kappa shape index (κ3) is 8.37. The highest BCUT2D eigenvalue weighted by Crippen LogP contribution is 2.21. The second-order valence-electron chi connectivity index (χ2n) is 7.11. The molecule has 27 heavy (non-hydrogen) atoms. The summed E-state index contributed by atoms with van der Waals surface area (Å²) in [6.45, 7) is 9.73. The highest BCUT2D eigenvalue weighted by atomic mass is 127. The molecule has 7 nitrogen and oxygen atoms in total. The van der Waals surface area contributed by atoms with Crippen LogP contribution < -0.4 is 10.6 Å². The maximum absolute atomic E-state index is 10.5. The Kier molecular flexibility index (Phi) is 11.3. The average molecular weight is 494 g/mol. The Morgan fingerprint density at radius 3 is 2.74 bits per heavy atom. The molecule has 1 aliphatic heterocycles. The third-order valence-corrected chi connectivity index (χ3v) is 4.82. The van der Waals surface area contributed by atoms with E-state index in [2.05, 4.69) is 20.5 Å². The predicted molar refractivity (Wildman–Crippen MR) is 119 cm³/mol. The summed E-state index contributed by atoms with van der Waals surface area (Å²) in [6.07, 6.45) is 3.93. The van der Waals surface area contributed by atoms with Crippen LogP contribution in [-0.4, -0.2) is 69.0 Å². The van der Waals surface area contributed by atoms with Crippen molar-refractivity contribution in [3.05, 3.63) is 24.2 Å². The number of piperidine rings is 1. The summed E-state index contributed by atoms with van der Waals surface area (Å²) in [5.74, 6) is 1.91. The first-order chi connectivity index (χ1) is 12.5. The summed E-state index contributed by atoms with van der Waals surface area (Å²) in [5.41, 5.74) is -1.11. The van der Waals surface area contributed by atoms with Gasteiger partial charge >= 0.3 is 0 Å². The van der Waals surface area contributed by atoms with Gasteiger partial charge < -0.3 is 29.8 Å². The number of hydrogen-bond donors (Lipinski definition) is 3. The second kappa shape index (κ2) is 12.6. The molecule has 1 atom stereocenters. The van der Waals surface area contributed by atoms with Crippen molar-refractivity contribution in [2.45, 2.75) is 32.3 Å². The average Bonchev–Trinajstić information content (AvgIpc) is 3.19.